The summed E-state index contributed by atoms with van der Waals surface area (Å²) in [7, 11) is 0. The standard InChI is InChI=1S/C16H15N3O3/c20-9-12-6-10(4-5-14(12)21)16(22)18-8-15-17-7-11-2-1-3-13(11)19-15/h4-7,9,21H,1-3,8H2,(H,18,22). The van der Waals surface area contributed by atoms with E-state index in [0.29, 0.717) is 17.7 Å². The Morgan fingerprint density at radius 2 is 2.23 bits per heavy atom. The molecule has 6 heteroatoms. The smallest absolute Gasteiger partial charge is 0.251 e. The fraction of sp³-hybridized carbons (Fsp3) is 0.250. The molecule has 1 amide bonds. The summed E-state index contributed by atoms with van der Waals surface area (Å²) >= 11 is 0. The van der Waals surface area contributed by atoms with E-state index in [-0.39, 0.29) is 23.8 Å². The minimum atomic E-state index is -0.341. The van der Waals surface area contributed by atoms with Crippen LogP contribution in [0.3, 0.4) is 0 Å². The predicted molar refractivity (Wildman–Crippen MR) is 78.7 cm³/mol. The highest BCUT2D eigenvalue weighted by Crippen LogP contribution is 2.19. The highest BCUT2D eigenvalue weighted by Gasteiger charge is 2.14. The molecule has 0 fully saturated rings. The van der Waals surface area contributed by atoms with E-state index in [2.05, 4.69) is 15.3 Å². The fourth-order valence-corrected chi connectivity index (χ4v) is 2.49. The minimum absolute atomic E-state index is 0.0847. The molecular weight excluding hydrogens is 282 g/mol. The topological polar surface area (TPSA) is 92.2 Å². The molecule has 22 heavy (non-hydrogen) atoms. The molecule has 1 aliphatic carbocycles. The van der Waals surface area contributed by atoms with Gasteiger partial charge in [-0.05, 0) is 43.0 Å². The highest BCUT2D eigenvalue weighted by atomic mass is 16.3. The molecule has 1 aromatic carbocycles. The van der Waals surface area contributed by atoms with E-state index in [1.807, 2.05) is 6.20 Å². The van der Waals surface area contributed by atoms with Crippen LogP contribution < -0.4 is 5.32 Å². The summed E-state index contributed by atoms with van der Waals surface area (Å²) in [5, 5.41) is 12.1. The first kappa shape index (κ1) is 14.2. The average Bonchev–Trinajstić information content (AvgIpc) is 3.00. The number of amides is 1. The van der Waals surface area contributed by atoms with E-state index >= 15 is 0 Å². The maximum Gasteiger partial charge on any atom is 0.251 e. The second-order valence-electron chi connectivity index (χ2n) is 5.19. The minimum Gasteiger partial charge on any atom is -0.507 e. The van der Waals surface area contributed by atoms with Crippen LogP contribution in [0.15, 0.2) is 24.4 Å². The van der Waals surface area contributed by atoms with Crippen LogP contribution in [0.1, 0.15) is 44.2 Å². The SMILES string of the molecule is O=Cc1cc(C(=O)NCc2ncc3c(n2)CCC3)ccc1O. The van der Waals surface area contributed by atoms with Gasteiger partial charge in [-0.15, -0.1) is 0 Å². The van der Waals surface area contributed by atoms with Crippen molar-refractivity contribution in [2.45, 2.75) is 25.8 Å². The van der Waals surface area contributed by atoms with Crippen LogP contribution in [0.25, 0.3) is 0 Å². The van der Waals surface area contributed by atoms with Crippen LogP contribution in [0.5, 0.6) is 5.75 Å². The number of carbonyl (C=O) groups excluding carboxylic acids is 2. The number of hydrogen-bond donors (Lipinski definition) is 2. The van der Waals surface area contributed by atoms with Gasteiger partial charge in [0.15, 0.2) is 6.29 Å². The molecule has 0 unspecified atom stereocenters. The molecule has 0 saturated heterocycles. The van der Waals surface area contributed by atoms with Crippen molar-refractivity contribution in [3.05, 3.63) is 52.6 Å². The van der Waals surface area contributed by atoms with E-state index in [9.17, 15) is 14.7 Å². The third kappa shape index (κ3) is 2.81. The number of aromatic hydroxyl groups is 1. The van der Waals surface area contributed by atoms with Gasteiger partial charge in [-0.25, -0.2) is 9.97 Å². The molecule has 2 aromatic rings. The zero-order valence-electron chi connectivity index (χ0n) is 11.9. The van der Waals surface area contributed by atoms with Crippen LogP contribution in [0.2, 0.25) is 0 Å². The number of aryl methyl sites for hydroxylation is 2. The van der Waals surface area contributed by atoms with E-state index in [4.69, 9.17) is 0 Å². The van der Waals surface area contributed by atoms with Gasteiger partial charge in [0.1, 0.15) is 11.6 Å². The van der Waals surface area contributed by atoms with E-state index in [0.717, 1.165) is 25.0 Å². The lowest BCUT2D eigenvalue weighted by Crippen LogP contribution is -2.24. The summed E-state index contributed by atoms with van der Waals surface area (Å²) in [5.41, 5.74) is 2.64. The number of aromatic nitrogens is 2. The molecule has 0 bridgehead atoms. The lowest BCUT2D eigenvalue weighted by molar-refractivity contribution is 0.0950. The van der Waals surface area contributed by atoms with E-state index in [1.54, 1.807) is 0 Å². The Morgan fingerprint density at radius 1 is 1.36 bits per heavy atom. The summed E-state index contributed by atoms with van der Waals surface area (Å²) in [6.45, 7) is 0.226. The number of aldehydes is 1. The number of nitrogens with zero attached hydrogens (tertiary/aromatic N) is 2. The van der Waals surface area contributed by atoms with E-state index in [1.165, 1.54) is 23.8 Å². The predicted octanol–water partition coefficient (Wildman–Crippen LogP) is 1.41. The van der Waals surface area contributed by atoms with Crippen molar-refractivity contribution in [3.8, 4) is 5.75 Å². The van der Waals surface area contributed by atoms with Crippen molar-refractivity contribution in [2.24, 2.45) is 0 Å². The summed E-state index contributed by atoms with van der Waals surface area (Å²) in [5.74, 6) is 0.0871. The zero-order valence-corrected chi connectivity index (χ0v) is 11.9. The Hall–Kier alpha value is -2.76. The Bertz CT molecular complexity index is 743. The Kier molecular flexibility index (Phi) is 3.82. The van der Waals surface area contributed by atoms with Gasteiger partial charge in [-0.2, -0.15) is 0 Å². The van der Waals surface area contributed by atoms with Gasteiger partial charge < -0.3 is 10.4 Å². The largest absolute Gasteiger partial charge is 0.507 e. The Labute approximate surface area is 127 Å². The zero-order chi connectivity index (χ0) is 15.5. The summed E-state index contributed by atoms with van der Waals surface area (Å²) in [4.78, 5) is 31.5. The highest BCUT2D eigenvalue weighted by molar-refractivity contribution is 5.96. The maximum atomic E-state index is 12.1. The molecule has 1 aliphatic rings. The fourth-order valence-electron chi connectivity index (χ4n) is 2.49. The third-order valence-corrected chi connectivity index (χ3v) is 3.69. The van der Waals surface area contributed by atoms with Gasteiger partial charge >= 0.3 is 0 Å². The maximum absolute atomic E-state index is 12.1. The number of hydrogen-bond acceptors (Lipinski definition) is 5. The van der Waals surface area contributed by atoms with Crippen LogP contribution in [0.4, 0.5) is 0 Å². The van der Waals surface area contributed by atoms with Gasteiger partial charge in [-0.1, -0.05) is 0 Å². The van der Waals surface area contributed by atoms with Crippen molar-refractivity contribution in [2.75, 3.05) is 0 Å². The van der Waals surface area contributed by atoms with Crippen molar-refractivity contribution in [1.82, 2.24) is 15.3 Å². The van der Waals surface area contributed by atoms with Gasteiger partial charge in [0.05, 0.1) is 12.1 Å². The number of carbonyl (C=O) groups is 2. The Morgan fingerprint density at radius 3 is 3.05 bits per heavy atom. The van der Waals surface area contributed by atoms with Crippen molar-refractivity contribution in [1.29, 1.82) is 0 Å². The van der Waals surface area contributed by atoms with Crippen molar-refractivity contribution < 1.29 is 14.7 Å². The van der Waals surface area contributed by atoms with Gasteiger partial charge in [0.2, 0.25) is 0 Å². The number of phenols is 1. The van der Waals surface area contributed by atoms with Gasteiger partial charge in [0, 0.05) is 17.5 Å². The van der Waals surface area contributed by atoms with Crippen LogP contribution in [-0.2, 0) is 19.4 Å². The molecule has 0 atom stereocenters. The first-order chi connectivity index (χ1) is 10.7. The molecule has 0 aliphatic heterocycles. The third-order valence-electron chi connectivity index (χ3n) is 3.69. The lowest BCUT2D eigenvalue weighted by Gasteiger charge is -2.07. The first-order valence-electron chi connectivity index (χ1n) is 7.07. The molecule has 6 nitrogen and oxygen atoms in total. The van der Waals surface area contributed by atoms with Gasteiger partial charge in [0.25, 0.3) is 5.91 Å². The summed E-state index contributed by atoms with van der Waals surface area (Å²) in [6, 6.07) is 4.13. The molecule has 0 radical (unpaired) electrons. The van der Waals surface area contributed by atoms with E-state index < -0.39 is 0 Å². The van der Waals surface area contributed by atoms with Crippen molar-refractivity contribution in [3.63, 3.8) is 0 Å². The van der Waals surface area contributed by atoms with Crippen molar-refractivity contribution >= 4 is 12.2 Å². The quantitative estimate of drug-likeness (QED) is 0.833. The molecule has 1 aromatic heterocycles. The molecule has 2 N–H and O–H groups in total. The number of fused-ring (bicyclic) bond motifs is 1. The number of phenolic OH excluding ortho intramolecular Hbond substituents is 1. The summed E-state index contributed by atoms with van der Waals surface area (Å²) in [6.07, 6.45) is 5.41. The van der Waals surface area contributed by atoms with Gasteiger partial charge in [-0.3, -0.25) is 9.59 Å². The second-order valence-corrected chi connectivity index (χ2v) is 5.19. The number of benzene rings is 1. The van der Waals surface area contributed by atoms with Crippen LogP contribution in [0, 0.1) is 0 Å². The number of nitrogens with one attached hydrogen (secondary N) is 1. The normalized spacial score (nSPS) is 12.7. The van der Waals surface area contributed by atoms with Crippen LogP contribution >= 0.6 is 0 Å². The monoisotopic (exact) mass is 297 g/mol. The second kappa shape index (κ2) is 5.93. The lowest BCUT2D eigenvalue weighted by atomic mass is 10.1. The summed E-state index contributed by atoms with van der Waals surface area (Å²) < 4.78 is 0. The molecule has 112 valence electrons. The molecular formula is C16H15N3O3. The average molecular weight is 297 g/mol. The molecule has 1 heterocycles. The first-order valence-corrected chi connectivity index (χ1v) is 7.07. The molecule has 0 saturated carbocycles. The van der Waals surface area contributed by atoms with Crippen LogP contribution in [-0.4, -0.2) is 27.3 Å². The number of rotatable bonds is 4. The molecule has 3 rings (SSSR count). The molecule has 0 spiro atoms. The Balaban J connectivity index is 1.68.